The first kappa shape index (κ1) is 21.2. The third-order valence-electron chi connectivity index (χ3n) is 4.00. The van der Waals surface area contributed by atoms with E-state index in [9.17, 15) is 18.5 Å². The van der Waals surface area contributed by atoms with E-state index in [1.165, 1.54) is 36.4 Å². The van der Waals surface area contributed by atoms with Crippen LogP contribution in [-0.2, 0) is 10.0 Å². The number of aromatic nitrogens is 1. The highest BCUT2D eigenvalue weighted by atomic mass is 35.5. The van der Waals surface area contributed by atoms with Crippen molar-refractivity contribution in [1.29, 1.82) is 0 Å². The summed E-state index contributed by atoms with van der Waals surface area (Å²) in [6.45, 7) is 1.71. The van der Waals surface area contributed by atoms with Crippen LogP contribution in [0.5, 0.6) is 0 Å². The van der Waals surface area contributed by atoms with Gasteiger partial charge in [-0.15, -0.1) is 0 Å². The molecule has 0 saturated heterocycles. The first-order valence-electron chi connectivity index (χ1n) is 8.54. The van der Waals surface area contributed by atoms with Crippen molar-refractivity contribution in [1.82, 2.24) is 4.98 Å². The van der Waals surface area contributed by atoms with Crippen LogP contribution in [0.15, 0.2) is 77.0 Å². The van der Waals surface area contributed by atoms with E-state index < -0.39 is 20.6 Å². The molecule has 1 heterocycles. The van der Waals surface area contributed by atoms with E-state index in [4.69, 9.17) is 11.6 Å². The standard InChI is InChI=1S/C19H16ClN5O4S/c1-13(14-3-2-10-21-12-14)22-23-18-9-8-17(11-19(18)25(26)27)30(28,29)24-16-6-4-15(20)5-7-16/h2-12,23-24H,1H3/b22-13+. The van der Waals surface area contributed by atoms with Crippen LogP contribution in [0.4, 0.5) is 17.1 Å². The number of anilines is 2. The monoisotopic (exact) mass is 445 g/mol. The highest BCUT2D eigenvalue weighted by molar-refractivity contribution is 7.92. The molecular formula is C19H16ClN5O4S. The fraction of sp³-hybridized carbons (Fsp3) is 0.0526. The molecule has 9 nitrogen and oxygen atoms in total. The predicted octanol–water partition coefficient (Wildman–Crippen LogP) is 4.28. The smallest absolute Gasteiger partial charge is 0.280 e. The minimum Gasteiger partial charge on any atom is -0.280 e. The maximum Gasteiger partial charge on any atom is 0.295 e. The van der Waals surface area contributed by atoms with Crippen LogP contribution in [0.2, 0.25) is 5.02 Å². The maximum absolute atomic E-state index is 12.6. The number of hydrogen-bond donors (Lipinski definition) is 2. The Morgan fingerprint density at radius 3 is 2.53 bits per heavy atom. The molecule has 0 unspecified atom stereocenters. The summed E-state index contributed by atoms with van der Waals surface area (Å²) in [7, 11) is -4.04. The van der Waals surface area contributed by atoms with Gasteiger partial charge in [0.25, 0.3) is 15.7 Å². The van der Waals surface area contributed by atoms with E-state index in [-0.39, 0.29) is 16.3 Å². The lowest BCUT2D eigenvalue weighted by atomic mass is 10.2. The normalized spacial score (nSPS) is 11.7. The molecule has 0 aliphatic rings. The zero-order chi connectivity index (χ0) is 21.7. The second-order valence-electron chi connectivity index (χ2n) is 6.10. The third kappa shape index (κ3) is 5.10. The van der Waals surface area contributed by atoms with Gasteiger partial charge < -0.3 is 0 Å². The number of nitro benzene ring substituents is 1. The summed E-state index contributed by atoms with van der Waals surface area (Å²) in [6.07, 6.45) is 3.22. The number of sulfonamides is 1. The number of hydrazone groups is 1. The Morgan fingerprint density at radius 1 is 1.17 bits per heavy atom. The molecule has 154 valence electrons. The average Bonchev–Trinajstić information content (AvgIpc) is 2.74. The zero-order valence-electron chi connectivity index (χ0n) is 15.6. The molecule has 11 heteroatoms. The molecule has 1 aromatic heterocycles. The summed E-state index contributed by atoms with van der Waals surface area (Å²) in [4.78, 5) is 14.5. The van der Waals surface area contributed by atoms with E-state index in [2.05, 4.69) is 20.2 Å². The van der Waals surface area contributed by atoms with Crippen molar-refractivity contribution < 1.29 is 13.3 Å². The summed E-state index contributed by atoms with van der Waals surface area (Å²) >= 11 is 5.79. The second kappa shape index (κ2) is 8.89. The van der Waals surface area contributed by atoms with Gasteiger partial charge in [-0.25, -0.2) is 8.42 Å². The Bertz CT molecular complexity index is 1200. The number of pyridine rings is 1. The van der Waals surface area contributed by atoms with Gasteiger partial charge in [-0.2, -0.15) is 5.10 Å². The topological polar surface area (TPSA) is 127 Å². The number of nitro groups is 1. The van der Waals surface area contributed by atoms with Crippen LogP contribution < -0.4 is 10.1 Å². The maximum atomic E-state index is 12.6. The summed E-state index contributed by atoms with van der Waals surface area (Å²) < 4.78 is 27.6. The van der Waals surface area contributed by atoms with Crippen LogP contribution in [0.1, 0.15) is 12.5 Å². The van der Waals surface area contributed by atoms with Gasteiger partial charge in [-0.1, -0.05) is 17.7 Å². The Hall–Kier alpha value is -3.50. The molecular weight excluding hydrogens is 430 g/mol. The molecule has 3 rings (SSSR count). The predicted molar refractivity (Wildman–Crippen MR) is 115 cm³/mol. The first-order chi connectivity index (χ1) is 14.3. The Kier molecular flexibility index (Phi) is 6.28. The van der Waals surface area contributed by atoms with Crippen LogP contribution in [0, 0.1) is 10.1 Å². The van der Waals surface area contributed by atoms with E-state index in [1.807, 2.05) is 0 Å². The molecule has 0 aliphatic carbocycles. The van der Waals surface area contributed by atoms with Crippen molar-refractivity contribution in [2.75, 3.05) is 10.1 Å². The molecule has 3 aromatic rings. The van der Waals surface area contributed by atoms with Crippen LogP contribution >= 0.6 is 11.6 Å². The molecule has 0 saturated carbocycles. The molecule has 0 radical (unpaired) electrons. The van der Waals surface area contributed by atoms with Crippen LogP contribution in [-0.4, -0.2) is 24.0 Å². The number of hydrogen-bond acceptors (Lipinski definition) is 7. The molecule has 0 atom stereocenters. The Labute approximate surface area is 177 Å². The zero-order valence-corrected chi connectivity index (χ0v) is 17.2. The van der Waals surface area contributed by atoms with Gasteiger partial charge >= 0.3 is 0 Å². The molecule has 0 bridgehead atoms. The molecule has 0 aliphatic heterocycles. The van der Waals surface area contributed by atoms with E-state index in [0.29, 0.717) is 10.7 Å². The highest BCUT2D eigenvalue weighted by Gasteiger charge is 2.21. The lowest BCUT2D eigenvalue weighted by molar-refractivity contribution is -0.384. The van der Waals surface area contributed by atoms with Crippen molar-refractivity contribution in [3.63, 3.8) is 0 Å². The van der Waals surface area contributed by atoms with Crippen LogP contribution in [0.3, 0.4) is 0 Å². The minimum absolute atomic E-state index is 0.0497. The Balaban J connectivity index is 1.87. The van der Waals surface area contributed by atoms with Crippen molar-refractivity contribution >= 4 is 44.4 Å². The quantitative estimate of drug-likeness (QED) is 0.317. The van der Waals surface area contributed by atoms with Gasteiger partial charge in [-0.05, 0) is 49.4 Å². The van der Waals surface area contributed by atoms with Gasteiger partial charge in [0.15, 0.2) is 0 Å². The van der Waals surface area contributed by atoms with Crippen molar-refractivity contribution in [2.24, 2.45) is 5.10 Å². The molecule has 30 heavy (non-hydrogen) atoms. The number of nitrogens with zero attached hydrogens (tertiary/aromatic N) is 3. The lowest BCUT2D eigenvalue weighted by Gasteiger charge is -2.10. The van der Waals surface area contributed by atoms with E-state index >= 15 is 0 Å². The summed E-state index contributed by atoms with van der Waals surface area (Å²) in [5.41, 5.74) is 3.80. The van der Waals surface area contributed by atoms with Crippen LogP contribution in [0.25, 0.3) is 0 Å². The third-order valence-corrected chi connectivity index (χ3v) is 5.63. The lowest BCUT2D eigenvalue weighted by Crippen LogP contribution is -2.13. The summed E-state index contributed by atoms with van der Waals surface area (Å²) in [5, 5.41) is 16.1. The second-order valence-corrected chi connectivity index (χ2v) is 8.22. The molecule has 2 aromatic carbocycles. The van der Waals surface area contributed by atoms with Gasteiger partial charge in [-0.3, -0.25) is 25.2 Å². The fourth-order valence-electron chi connectivity index (χ4n) is 2.44. The van der Waals surface area contributed by atoms with Gasteiger partial charge in [0.1, 0.15) is 5.69 Å². The van der Waals surface area contributed by atoms with Crippen molar-refractivity contribution in [3.05, 3.63) is 87.7 Å². The molecule has 2 N–H and O–H groups in total. The molecule has 0 amide bonds. The largest absolute Gasteiger partial charge is 0.295 e. The van der Waals surface area contributed by atoms with Crippen molar-refractivity contribution in [2.45, 2.75) is 11.8 Å². The number of halogens is 1. The summed E-state index contributed by atoms with van der Waals surface area (Å²) in [6, 6.07) is 13.1. The Morgan fingerprint density at radius 2 is 1.90 bits per heavy atom. The van der Waals surface area contributed by atoms with Gasteiger partial charge in [0.2, 0.25) is 0 Å². The van der Waals surface area contributed by atoms with E-state index in [1.54, 1.807) is 31.5 Å². The number of rotatable bonds is 7. The highest BCUT2D eigenvalue weighted by Crippen LogP contribution is 2.29. The average molecular weight is 446 g/mol. The van der Waals surface area contributed by atoms with Gasteiger partial charge in [0, 0.05) is 34.7 Å². The van der Waals surface area contributed by atoms with Gasteiger partial charge in [0.05, 0.1) is 15.5 Å². The SMILES string of the molecule is C/C(=N\Nc1ccc(S(=O)(=O)Nc2ccc(Cl)cc2)cc1[N+](=O)[O-])c1cccnc1. The fourth-order valence-corrected chi connectivity index (χ4v) is 3.65. The minimum atomic E-state index is -4.04. The van der Waals surface area contributed by atoms with Crippen molar-refractivity contribution in [3.8, 4) is 0 Å². The summed E-state index contributed by atoms with van der Waals surface area (Å²) in [5.74, 6) is 0. The molecule has 0 fully saturated rings. The number of benzene rings is 2. The molecule has 0 spiro atoms. The van der Waals surface area contributed by atoms with E-state index in [0.717, 1.165) is 11.6 Å². The first-order valence-corrected chi connectivity index (χ1v) is 10.4. The number of nitrogens with one attached hydrogen (secondary N) is 2.